The van der Waals surface area contributed by atoms with Crippen molar-refractivity contribution in [2.45, 2.75) is 166 Å². The molecule has 278 valence electrons. The summed E-state index contributed by atoms with van der Waals surface area (Å²) in [7, 11) is 0. The van der Waals surface area contributed by atoms with Gasteiger partial charge < -0.3 is 54.0 Å². The van der Waals surface area contributed by atoms with Crippen LogP contribution < -0.4 is 0 Å². The molecule has 4 aliphatic carbocycles. The van der Waals surface area contributed by atoms with E-state index >= 15 is 0 Å². The lowest BCUT2D eigenvalue weighted by molar-refractivity contribution is -0.358. The monoisotopic (exact) mass is 692 g/mol. The highest BCUT2D eigenvalue weighted by atomic mass is 16.8. The summed E-state index contributed by atoms with van der Waals surface area (Å²) in [4.78, 5) is 0. The number of hydrogen-bond donors (Lipinski definition) is 5. The summed E-state index contributed by atoms with van der Waals surface area (Å²) in [5, 5.41) is 52.3. The first kappa shape index (κ1) is 35.3. The fourth-order valence-electron chi connectivity index (χ4n) is 12.3. The van der Waals surface area contributed by atoms with Crippen LogP contribution in [0.4, 0.5) is 0 Å². The van der Waals surface area contributed by atoms with Crippen LogP contribution >= 0.6 is 0 Å². The van der Waals surface area contributed by atoms with Crippen molar-refractivity contribution in [3.63, 3.8) is 0 Å². The zero-order valence-electron chi connectivity index (χ0n) is 29.9. The van der Waals surface area contributed by atoms with E-state index in [2.05, 4.69) is 33.8 Å². The number of ether oxygens (including phenoxy) is 6. The standard InChI is InChI=1S/C38H60O11/c1-18-8-13-38(45-16-18)19(2)28-27(49-38)15-25-23-7-6-21-14-22(9-11-36(21,4)24(23)10-12-37(25,28)5)47-35-33(30(41)26(39)17-44-35)48-34-32(43)31(42)29(40)20(3)46-34/h6,18-20,22-35,39-43H,7-17H2,1-5H3/t18-,19+,20+,22+,23-,24+,25+,26+,27+,28+,29+,30+,31-,32-,33-,34+,35+,36+,37+,38-/m1/s1. The Morgan fingerprint density at radius 2 is 1.61 bits per heavy atom. The smallest absolute Gasteiger partial charge is 0.187 e. The molecule has 0 aromatic rings. The third-order valence-corrected chi connectivity index (χ3v) is 15.2. The lowest BCUT2D eigenvalue weighted by Gasteiger charge is -2.58. The van der Waals surface area contributed by atoms with Crippen LogP contribution in [0.1, 0.15) is 92.4 Å². The van der Waals surface area contributed by atoms with Crippen molar-refractivity contribution in [3.05, 3.63) is 11.6 Å². The summed E-state index contributed by atoms with van der Waals surface area (Å²) in [6, 6.07) is 0. The molecule has 1 spiro atoms. The molecule has 4 heterocycles. The van der Waals surface area contributed by atoms with Crippen molar-refractivity contribution < 1.29 is 54.0 Å². The van der Waals surface area contributed by atoms with Crippen LogP contribution in [-0.2, 0) is 28.4 Å². The average Bonchev–Trinajstić information content (AvgIpc) is 3.52. The van der Waals surface area contributed by atoms with Gasteiger partial charge in [-0.05, 0) is 98.7 Å². The number of fused-ring (bicyclic) bond motifs is 7. The first-order valence-electron chi connectivity index (χ1n) is 19.3. The van der Waals surface area contributed by atoms with Gasteiger partial charge in [-0.3, -0.25) is 0 Å². The molecule has 4 aliphatic heterocycles. The fourth-order valence-corrected chi connectivity index (χ4v) is 12.3. The van der Waals surface area contributed by atoms with E-state index in [1.54, 1.807) is 6.92 Å². The summed E-state index contributed by atoms with van der Waals surface area (Å²) in [6.07, 6.45) is 0.896. The minimum absolute atomic E-state index is 0.102. The van der Waals surface area contributed by atoms with Crippen molar-refractivity contribution in [3.8, 4) is 0 Å². The zero-order chi connectivity index (χ0) is 34.6. The zero-order valence-corrected chi connectivity index (χ0v) is 29.9. The molecule has 0 amide bonds. The molecular formula is C38H60O11. The summed E-state index contributed by atoms with van der Waals surface area (Å²) in [6.45, 7) is 12.0. The van der Waals surface area contributed by atoms with Crippen LogP contribution in [0.25, 0.3) is 0 Å². The predicted octanol–water partition coefficient (Wildman–Crippen LogP) is 3.03. The summed E-state index contributed by atoms with van der Waals surface area (Å²) >= 11 is 0. The third kappa shape index (κ3) is 5.55. The van der Waals surface area contributed by atoms with Crippen molar-refractivity contribution in [2.24, 2.45) is 46.3 Å². The maximum Gasteiger partial charge on any atom is 0.187 e. The molecule has 20 atom stereocenters. The normalized spacial score (nSPS) is 58.7. The van der Waals surface area contributed by atoms with Gasteiger partial charge >= 0.3 is 0 Å². The van der Waals surface area contributed by atoms with Gasteiger partial charge in [-0.15, -0.1) is 0 Å². The van der Waals surface area contributed by atoms with Crippen molar-refractivity contribution in [1.82, 2.24) is 0 Å². The van der Waals surface area contributed by atoms with E-state index < -0.39 is 55.3 Å². The molecule has 8 rings (SSSR count). The SMILES string of the molecule is C[C@@H]1CC[C@@]2(OC1)O[C@H]1C[C@H]3[C@@H]4CC=C5C[C@@H](O[C@@H]6OC[C@H](O)[C@H](O)[C@H]6O[C@@H]6O[C@@H](C)[C@H](O)[C@@H](O)[C@H]6O)CC[C@]5(C)[C@H]4CC[C@]3(C)[C@H]1[C@@H]2C. The molecule has 5 N–H and O–H groups in total. The highest BCUT2D eigenvalue weighted by Crippen LogP contribution is 2.70. The van der Waals surface area contributed by atoms with Gasteiger partial charge in [0.25, 0.3) is 0 Å². The van der Waals surface area contributed by atoms with Gasteiger partial charge in [0, 0.05) is 12.3 Å². The molecule has 8 aliphatic rings. The molecule has 49 heavy (non-hydrogen) atoms. The van der Waals surface area contributed by atoms with Gasteiger partial charge in [0.05, 0.1) is 31.5 Å². The second-order valence-corrected chi connectivity index (χ2v) is 17.8. The minimum atomic E-state index is -1.55. The third-order valence-electron chi connectivity index (χ3n) is 15.2. The van der Waals surface area contributed by atoms with Gasteiger partial charge in [-0.2, -0.15) is 0 Å². The number of aliphatic hydroxyl groups is 5. The maximum absolute atomic E-state index is 10.9. The van der Waals surface area contributed by atoms with Crippen LogP contribution in [0.3, 0.4) is 0 Å². The van der Waals surface area contributed by atoms with E-state index in [9.17, 15) is 25.5 Å². The Morgan fingerprint density at radius 1 is 0.816 bits per heavy atom. The van der Waals surface area contributed by atoms with E-state index in [-0.39, 0.29) is 35.4 Å². The van der Waals surface area contributed by atoms with Crippen molar-refractivity contribution in [1.29, 1.82) is 0 Å². The molecular weight excluding hydrogens is 632 g/mol. The number of rotatable bonds is 4. The highest BCUT2D eigenvalue weighted by Gasteiger charge is 2.68. The number of allylic oxidation sites excluding steroid dienone is 1. The first-order valence-corrected chi connectivity index (χ1v) is 19.3. The molecule has 0 bridgehead atoms. The van der Waals surface area contributed by atoms with Crippen LogP contribution in [0, 0.1) is 46.3 Å². The van der Waals surface area contributed by atoms with Gasteiger partial charge in [-0.1, -0.05) is 39.3 Å². The van der Waals surface area contributed by atoms with Crippen LogP contribution in [0.2, 0.25) is 0 Å². The van der Waals surface area contributed by atoms with E-state index in [1.807, 2.05) is 0 Å². The van der Waals surface area contributed by atoms with Crippen molar-refractivity contribution in [2.75, 3.05) is 13.2 Å². The molecule has 11 heteroatoms. The molecule has 11 nitrogen and oxygen atoms in total. The topological polar surface area (TPSA) is 157 Å². The van der Waals surface area contributed by atoms with E-state index in [4.69, 9.17) is 28.4 Å². The largest absolute Gasteiger partial charge is 0.388 e. The van der Waals surface area contributed by atoms with Gasteiger partial charge in [0.1, 0.15) is 36.6 Å². The first-order chi connectivity index (χ1) is 23.3. The lowest BCUT2D eigenvalue weighted by Crippen LogP contribution is -2.62. The van der Waals surface area contributed by atoms with Crippen LogP contribution in [0.5, 0.6) is 0 Å². The van der Waals surface area contributed by atoms with Crippen molar-refractivity contribution >= 4 is 0 Å². The molecule has 0 radical (unpaired) electrons. The molecule has 4 saturated heterocycles. The van der Waals surface area contributed by atoms with Gasteiger partial charge in [0.2, 0.25) is 0 Å². The minimum Gasteiger partial charge on any atom is -0.388 e. The predicted molar refractivity (Wildman–Crippen MR) is 176 cm³/mol. The molecule has 0 unspecified atom stereocenters. The Morgan fingerprint density at radius 3 is 2.37 bits per heavy atom. The lowest BCUT2D eigenvalue weighted by atomic mass is 9.47. The Kier molecular flexibility index (Phi) is 9.17. The maximum atomic E-state index is 10.9. The Hall–Kier alpha value is -0.700. The molecule has 7 fully saturated rings. The molecule has 0 aromatic heterocycles. The van der Waals surface area contributed by atoms with E-state index in [0.29, 0.717) is 35.5 Å². The van der Waals surface area contributed by atoms with E-state index in [1.165, 1.54) is 24.8 Å². The van der Waals surface area contributed by atoms with E-state index in [0.717, 1.165) is 45.1 Å². The number of hydrogen-bond acceptors (Lipinski definition) is 11. The summed E-state index contributed by atoms with van der Waals surface area (Å²) < 4.78 is 37.5. The highest BCUT2D eigenvalue weighted by molar-refractivity contribution is 5.26. The molecule has 3 saturated carbocycles. The molecule has 0 aromatic carbocycles. The average molecular weight is 693 g/mol. The quantitative estimate of drug-likeness (QED) is 0.276. The van der Waals surface area contributed by atoms with Gasteiger partial charge in [0.15, 0.2) is 18.4 Å². The Bertz CT molecular complexity index is 1250. The van der Waals surface area contributed by atoms with Crippen LogP contribution in [0.15, 0.2) is 11.6 Å². The Balaban J connectivity index is 0.947. The summed E-state index contributed by atoms with van der Waals surface area (Å²) in [5.74, 6) is 3.09. The van der Waals surface area contributed by atoms with Gasteiger partial charge in [-0.25, -0.2) is 0 Å². The number of aliphatic hydroxyl groups excluding tert-OH is 5. The fraction of sp³-hybridized carbons (Fsp3) is 0.947. The second-order valence-electron chi connectivity index (χ2n) is 17.8. The summed E-state index contributed by atoms with van der Waals surface area (Å²) in [5.41, 5.74) is 1.82. The Labute approximate surface area is 290 Å². The van der Waals surface area contributed by atoms with Crippen LogP contribution in [-0.4, -0.2) is 112 Å². The second kappa shape index (κ2) is 12.7.